The van der Waals surface area contributed by atoms with Gasteiger partial charge >= 0.3 is 6.16 Å². The fourth-order valence-electron chi connectivity index (χ4n) is 0.292. The topological polar surface area (TPSA) is 35.5 Å². The van der Waals surface area contributed by atoms with Gasteiger partial charge in [0.05, 0.1) is 0 Å². The Morgan fingerprint density at radius 2 is 1.89 bits per heavy atom. The summed E-state index contributed by atoms with van der Waals surface area (Å²) in [6.07, 6.45) is -0.575. The number of carbonyl (C=O) groups is 1. The molecule has 0 bridgehead atoms. The van der Waals surface area contributed by atoms with Gasteiger partial charge in [0.15, 0.2) is 0 Å². The Balaban J connectivity index is 3.60. The first-order valence-corrected chi connectivity index (χ1v) is 3.54. The van der Waals surface area contributed by atoms with Gasteiger partial charge in [0, 0.05) is 0 Å². The lowest BCUT2D eigenvalue weighted by Crippen LogP contribution is -2.23. The molecule has 0 amide bonds. The van der Waals surface area contributed by atoms with Crippen LogP contribution in [0.25, 0.3) is 0 Å². The van der Waals surface area contributed by atoms with Gasteiger partial charge in [-0.2, -0.15) is 0 Å². The Bertz CT molecular complexity index is 105. The van der Waals surface area contributed by atoms with E-state index in [1.807, 2.05) is 0 Å². The molecule has 54 valence electrons. The second-order valence-electron chi connectivity index (χ2n) is 2.67. The van der Waals surface area contributed by atoms with Gasteiger partial charge in [-0.25, -0.2) is 4.79 Å². The molecule has 0 spiro atoms. The lowest BCUT2D eigenvalue weighted by atomic mass is 10.2. The van der Waals surface area contributed by atoms with E-state index in [1.54, 1.807) is 20.8 Å². The molecule has 0 aliphatic rings. The summed E-state index contributed by atoms with van der Waals surface area (Å²) in [7, 11) is 0.392. The van der Waals surface area contributed by atoms with E-state index in [4.69, 9.17) is 4.74 Å². The van der Waals surface area contributed by atoms with E-state index in [0.29, 0.717) is 10.5 Å². The van der Waals surface area contributed by atoms with Crippen molar-refractivity contribution in [3.63, 3.8) is 0 Å². The largest absolute Gasteiger partial charge is 0.499 e. The van der Waals surface area contributed by atoms with Crippen LogP contribution in [-0.2, 0) is 9.16 Å². The predicted octanol–water partition coefficient (Wildman–Crippen LogP) is 0.218. The van der Waals surface area contributed by atoms with E-state index in [0.717, 1.165) is 0 Å². The first kappa shape index (κ1) is 8.49. The number of hydrogen-bond donors (Lipinski definition) is 0. The van der Waals surface area contributed by atoms with Gasteiger partial charge in [-0.05, 0) is 20.8 Å². The molecule has 0 fully saturated rings. The van der Waals surface area contributed by atoms with E-state index < -0.39 is 11.8 Å². The van der Waals surface area contributed by atoms with Crippen LogP contribution in [0.15, 0.2) is 0 Å². The number of rotatable bonds is 0. The average Bonchev–Trinajstić information content (AvgIpc) is 1.62. The highest BCUT2D eigenvalue weighted by Crippen LogP contribution is 2.06. The molecular weight excluding hydrogens is 136 g/mol. The maximum Gasteiger partial charge on any atom is 0.494 e. The highest BCUT2D eigenvalue weighted by Gasteiger charge is 2.15. The second kappa shape index (κ2) is 2.86. The molecule has 0 unspecified atom stereocenters. The van der Waals surface area contributed by atoms with Crippen molar-refractivity contribution in [2.75, 3.05) is 0 Å². The second-order valence-corrected chi connectivity index (χ2v) is 3.08. The summed E-state index contributed by atoms with van der Waals surface area (Å²) in [5.41, 5.74) is -0.429. The van der Waals surface area contributed by atoms with Gasteiger partial charge < -0.3 is 9.16 Å². The normalized spacial score (nSPS) is 11.0. The summed E-state index contributed by atoms with van der Waals surface area (Å²) >= 11 is 0. The average molecular weight is 148 g/mol. The van der Waals surface area contributed by atoms with Gasteiger partial charge in [-0.15, -0.1) is 0 Å². The van der Waals surface area contributed by atoms with Crippen LogP contribution in [0.2, 0.25) is 0 Å². The SMILES string of the molecule is CC(C)(C)OC(=O)O[SiH3]. The van der Waals surface area contributed by atoms with Crippen molar-refractivity contribution in [2.45, 2.75) is 26.4 Å². The molecule has 4 heteroatoms. The smallest absolute Gasteiger partial charge is 0.494 e. The molecule has 3 nitrogen and oxygen atoms in total. The maximum absolute atomic E-state index is 10.4. The first-order chi connectivity index (χ1) is 3.95. The summed E-state index contributed by atoms with van der Waals surface area (Å²) in [6, 6.07) is 0. The fraction of sp³-hybridized carbons (Fsp3) is 0.800. The molecule has 0 N–H and O–H groups in total. The van der Waals surface area contributed by atoms with Crippen LogP contribution in [0.5, 0.6) is 0 Å². The van der Waals surface area contributed by atoms with Gasteiger partial charge in [-0.1, -0.05) is 0 Å². The van der Waals surface area contributed by atoms with E-state index in [1.165, 1.54) is 0 Å². The molecule has 0 aliphatic heterocycles. The summed E-state index contributed by atoms with van der Waals surface area (Å²) < 4.78 is 9.16. The van der Waals surface area contributed by atoms with Crippen molar-refractivity contribution >= 4 is 16.6 Å². The van der Waals surface area contributed by atoms with Gasteiger partial charge in [0.2, 0.25) is 10.5 Å². The molecule has 0 aromatic rings. The van der Waals surface area contributed by atoms with E-state index in [-0.39, 0.29) is 0 Å². The Hall–Kier alpha value is -0.513. The van der Waals surface area contributed by atoms with Crippen LogP contribution >= 0.6 is 0 Å². The zero-order valence-corrected chi connectivity index (χ0v) is 8.22. The zero-order chi connectivity index (χ0) is 7.49. The third-order valence-electron chi connectivity index (χ3n) is 0.556. The quantitative estimate of drug-likeness (QED) is 0.364. The summed E-state index contributed by atoms with van der Waals surface area (Å²) in [4.78, 5) is 10.4. The molecule has 0 aromatic carbocycles. The predicted molar refractivity (Wildman–Crippen MR) is 37.3 cm³/mol. The molecule has 9 heavy (non-hydrogen) atoms. The minimum absolute atomic E-state index is 0.392. The van der Waals surface area contributed by atoms with Crippen molar-refractivity contribution < 1.29 is 14.0 Å². The maximum atomic E-state index is 10.4. The highest BCUT2D eigenvalue weighted by atomic mass is 28.2. The van der Waals surface area contributed by atoms with Crippen LogP contribution in [0.3, 0.4) is 0 Å². The molecule has 0 radical (unpaired) electrons. The van der Waals surface area contributed by atoms with Crippen LogP contribution in [0, 0.1) is 0 Å². The fourth-order valence-corrected chi connectivity index (χ4v) is 0.375. The van der Waals surface area contributed by atoms with Gasteiger partial charge in [0.1, 0.15) is 5.60 Å². The highest BCUT2D eigenvalue weighted by molar-refractivity contribution is 6.04. The van der Waals surface area contributed by atoms with Crippen molar-refractivity contribution in [2.24, 2.45) is 0 Å². The summed E-state index contributed by atoms with van der Waals surface area (Å²) in [5.74, 6) is 0. The summed E-state index contributed by atoms with van der Waals surface area (Å²) in [6.45, 7) is 5.39. The third-order valence-corrected chi connectivity index (χ3v) is 0.890. The van der Waals surface area contributed by atoms with Crippen LogP contribution in [0.1, 0.15) is 20.8 Å². The Morgan fingerprint density at radius 3 is 2.00 bits per heavy atom. The van der Waals surface area contributed by atoms with Crippen molar-refractivity contribution in [1.82, 2.24) is 0 Å². The van der Waals surface area contributed by atoms with Crippen molar-refractivity contribution in [3.8, 4) is 0 Å². The van der Waals surface area contributed by atoms with Gasteiger partial charge in [0.25, 0.3) is 0 Å². The van der Waals surface area contributed by atoms with Crippen LogP contribution in [0.4, 0.5) is 4.79 Å². The van der Waals surface area contributed by atoms with Gasteiger partial charge in [-0.3, -0.25) is 0 Å². The molecule has 0 aliphatic carbocycles. The molecular formula is C5H12O3Si. The summed E-state index contributed by atoms with van der Waals surface area (Å²) in [5, 5.41) is 0. The minimum Gasteiger partial charge on any atom is -0.499 e. The van der Waals surface area contributed by atoms with Crippen molar-refractivity contribution in [1.29, 1.82) is 0 Å². The molecule has 0 aromatic heterocycles. The molecule has 0 heterocycles. The van der Waals surface area contributed by atoms with E-state index in [9.17, 15) is 4.79 Å². The lowest BCUT2D eigenvalue weighted by molar-refractivity contribution is 0.0224. The molecule has 0 atom stereocenters. The first-order valence-electron chi connectivity index (χ1n) is 2.72. The standard InChI is InChI=1S/C5H12O3Si/c1-5(2,3)7-4(6)8-9/h1-3,9H3. The van der Waals surface area contributed by atoms with Crippen LogP contribution in [-0.4, -0.2) is 22.2 Å². The zero-order valence-electron chi connectivity index (χ0n) is 6.22. The number of hydrogen-bond acceptors (Lipinski definition) is 3. The van der Waals surface area contributed by atoms with E-state index in [2.05, 4.69) is 4.43 Å². The number of ether oxygens (including phenoxy) is 1. The Labute approximate surface area is 57.9 Å². The Morgan fingerprint density at radius 1 is 1.44 bits per heavy atom. The lowest BCUT2D eigenvalue weighted by Gasteiger charge is -2.17. The number of carbonyl (C=O) groups excluding carboxylic acids is 1. The van der Waals surface area contributed by atoms with E-state index >= 15 is 0 Å². The molecule has 0 saturated heterocycles. The molecule has 0 saturated carbocycles. The monoisotopic (exact) mass is 148 g/mol. The molecule has 0 rings (SSSR count). The van der Waals surface area contributed by atoms with Crippen molar-refractivity contribution in [3.05, 3.63) is 0 Å². The Kier molecular flexibility index (Phi) is 2.70. The van der Waals surface area contributed by atoms with Crippen LogP contribution < -0.4 is 0 Å². The third kappa shape index (κ3) is 5.36. The minimum atomic E-state index is -0.575.